The summed E-state index contributed by atoms with van der Waals surface area (Å²) in [5.74, 6) is -1.30. The molecule has 0 aliphatic heterocycles. The van der Waals surface area contributed by atoms with Crippen LogP contribution in [-0.4, -0.2) is 22.0 Å². The Balaban J connectivity index is 2.16. The molecule has 21 heavy (non-hydrogen) atoms. The van der Waals surface area contributed by atoms with Crippen molar-refractivity contribution in [3.63, 3.8) is 0 Å². The van der Waals surface area contributed by atoms with Gasteiger partial charge in [0, 0.05) is 10.6 Å². The number of amides is 1. The Morgan fingerprint density at radius 1 is 1.38 bits per heavy atom. The maximum Gasteiger partial charge on any atom is 0.352 e. The summed E-state index contributed by atoms with van der Waals surface area (Å²) in [6.07, 6.45) is 0.931. The average molecular weight is 306 g/mol. The minimum atomic E-state index is -1.05. The second kappa shape index (κ2) is 6.13. The number of aromatic amines is 1. The van der Waals surface area contributed by atoms with Crippen LogP contribution < -0.4 is 5.32 Å². The summed E-state index contributed by atoms with van der Waals surface area (Å²) < 4.78 is 0. The largest absolute Gasteiger partial charge is 0.477 e. The molecule has 0 aliphatic carbocycles. The van der Waals surface area contributed by atoms with E-state index in [9.17, 15) is 9.59 Å². The number of thiophene rings is 1. The second-order valence-electron chi connectivity index (χ2n) is 4.84. The highest BCUT2D eigenvalue weighted by molar-refractivity contribution is 7.10. The first-order valence-electron chi connectivity index (χ1n) is 6.71. The number of hydrogen-bond donors (Lipinski definition) is 3. The fourth-order valence-electron chi connectivity index (χ4n) is 2.39. The highest BCUT2D eigenvalue weighted by atomic mass is 32.1. The lowest BCUT2D eigenvalue weighted by Gasteiger charge is -2.06. The predicted octanol–water partition coefficient (Wildman–Crippen LogP) is 2.88. The number of carbonyl (C=O) groups is 2. The Hall–Kier alpha value is -2.08. The molecule has 0 bridgehead atoms. The van der Waals surface area contributed by atoms with Gasteiger partial charge in [0.1, 0.15) is 5.69 Å². The number of aromatic nitrogens is 1. The summed E-state index contributed by atoms with van der Waals surface area (Å²) in [7, 11) is 0. The van der Waals surface area contributed by atoms with Crippen LogP contribution in [0.5, 0.6) is 0 Å². The molecule has 5 nitrogen and oxygen atoms in total. The van der Waals surface area contributed by atoms with Crippen molar-refractivity contribution in [2.24, 2.45) is 0 Å². The van der Waals surface area contributed by atoms with E-state index in [0.717, 1.165) is 11.3 Å². The average Bonchev–Trinajstić information content (AvgIpc) is 3.00. The Labute approximate surface area is 127 Å². The number of carbonyl (C=O) groups excluding carboxylic acids is 1. The van der Waals surface area contributed by atoms with Crippen LogP contribution in [0, 0.1) is 13.8 Å². The van der Waals surface area contributed by atoms with Gasteiger partial charge in [0.05, 0.1) is 12.1 Å². The first kappa shape index (κ1) is 15.3. The van der Waals surface area contributed by atoms with Crippen molar-refractivity contribution in [3.8, 4) is 0 Å². The smallest absolute Gasteiger partial charge is 0.352 e. The van der Waals surface area contributed by atoms with Crippen LogP contribution in [0.4, 0.5) is 0 Å². The lowest BCUT2D eigenvalue weighted by Crippen LogP contribution is -2.24. The van der Waals surface area contributed by atoms with Gasteiger partial charge in [-0.1, -0.05) is 6.92 Å². The van der Waals surface area contributed by atoms with Crippen molar-refractivity contribution in [3.05, 3.63) is 44.4 Å². The van der Waals surface area contributed by atoms with Crippen molar-refractivity contribution < 1.29 is 14.7 Å². The molecular formula is C15H18N2O3S. The molecule has 6 heteroatoms. The molecule has 0 saturated heterocycles. The topological polar surface area (TPSA) is 82.2 Å². The molecular weight excluding hydrogens is 288 g/mol. The summed E-state index contributed by atoms with van der Waals surface area (Å²) in [5, 5.41) is 14.0. The molecule has 0 radical (unpaired) electrons. The van der Waals surface area contributed by atoms with E-state index in [1.165, 1.54) is 5.56 Å². The fraction of sp³-hybridized carbons (Fsp3) is 0.333. The molecule has 2 rings (SSSR count). The molecule has 2 aromatic rings. The number of aryl methyl sites for hydroxylation is 2. The number of rotatable bonds is 5. The van der Waals surface area contributed by atoms with Gasteiger partial charge in [-0.15, -0.1) is 11.3 Å². The van der Waals surface area contributed by atoms with Crippen LogP contribution in [0.3, 0.4) is 0 Å². The lowest BCUT2D eigenvalue weighted by atomic mass is 10.1. The van der Waals surface area contributed by atoms with Gasteiger partial charge in [0.2, 0.25) is 0 Å². The molecule has 2 aromatic heterocycles. The van der Waals surface area contributed by atoms with Crippen molar-refractivity contribution in [1.82, 2.24) is 10.3 Å². The van der Waals surface area contributed by atoms with Crippen molar-refractivity contribution in [2.75, 3.05) is 0 Å². The molecule has 0 spiro atoms. The van der Waals surface area contributed by atoms with Gasteiger partial charge < -0.3 is 15.4 Å². The minimum absolute atomic E-state index is 0.0722. The van der Waals surface area contributed by atoms with Gasteiger partial charge >= 0.3 is 5.97 Å². The Bertz CT molecular complexity index is 685. The number of nitrogens with one attached hydrogen (secondary N) is 2. The number of carboxylic acid groups (broad SMARTS) is 1. The molecule has 3 N–H and O–H groups in total. The van der Waals surface area contributed by atoms with E-state index in [1.807, 2.05) is 5.38 Å². The fourth-order valence-corrected chi connectivity index (χ4v) is 3.31. The molecule has 0 aliphatic rings. The standard InChI is InChI=1S/C15H18N2O3S/c1-4-10-5-6-21-11(10)7-16-14(18)12-8(2)13(15(19)20)17-9(12)3/h5-6,17H,4,7H2,1-3H3,(H,16,18)(H,19,20). The molecule has 0 saturated carbocycles. The van der Waals surface area contributed by atoms with Crippen LogP contribution >= 0.6 is 11.3 Å². The molecule has 0 unspecified atom stereocenters. The van der Waals surface area contributed by atoms with E-state index in [-0.39, 0.29) is 11.6 Å². The monoisotopic (exact) mass is 306 g/mol. The van der Waals surface area contributed by atoms with Gasteiger partial charge in [-0.25, -0.2) is 4.79 Å². The number of carboxylic acids is 1. The van der Waals surface area contributed by atoms with Crippen LogP contribution in [0.15, 0.2) is 11.4 Å². The molecule has 2 heterocycles. The summed E-state index contributed by atoms with van der Waals surface area (Å²) in [4.78, 5) is 27.3. The van der Waals surface area contributed by atoms with Crippen molar-refractivity contribution in [1.29, 1.82) is 0 Å². The zero-order chi connectivity index (χ0) is 15.6. The maximum atomic E-state index is 12.3. The molecule has 0 aromatic carbocycles. The number of H-pyrrole nitrogens is 1. The lowest BCUT2D eigenvalue weighted by molar-refractivity contribution is 0.0690. The van der Waals surface area contributed by atoms with Gasteiger partial charge in [-0.3, -0.25) is 4.79 Å². The van der Waals surface area contributed by atoms with Crippen LogP contribution in [0.1, 0.15) is 49.5 Å². The van der Waals surface area contributed by atoms with E-state index in [0.29, 0.717) is 23.4 Å². The minimum Gasteiger partial charge on any atom is -0.477 e. The van der Waals surface area contributed by atoms with Crippen LogP contribution in [0.25, 0.3) is 0 Å². The molecule has 0 atom stereocenters. The summed E-state index contributed by atoms with van der Waals surface area (Å²) in [6.45, 7) is 5.89. The van der Waals surface area contributed by atoms with Crippen LogP contribution in [0.2, 0.25) is 0 Å². The van der Waals surface area contributed by atoms with Gasteiger partial charge in [-0.05, 0) is 42.8 Å². The SMILES string of the molecule is CCc1ccsc1CNC(=O)c1c(C)[nH]c(C(=O)O)c1C. The highest BCUT2D eigenvalue weighted by Gasteiger charge is 2.21. The molecule has 1 amide bonds. The Morgan fingerprint density at radius 2 is 2.10 bits per heavy atom. The summed E-state index contributed by atoms with van der Waals surface area (Å²) >= 11 is 1.61. The quantitative estimate of drug-likeness (QED) is 0.794. The Morgan fingerprint density at radius 3 is 2.67 bits per heavy atom. The van der Waals surface area contributed by atoms with E-state index in [2.05, 4.69) is 23.3 Å². The molecule has 112 valence electrons. The first-order valence-corrected chi connectivity index (χ1v) is 7.59. The molecule has 0 fully saturated rings. The normalized spacial score (nSPS) is 10.6. The zero-order valence-electron chi connectivity index (χ0n) is 12.2. The van der Waals surface area contributed by atoms with Crippen molar-refractivity contribution in [2.45, 2.75) is 33.7 Å². The van der Waals surface area contributed by atoms with E-state index in [4.69, 9.17) is 5.11 Å². The van der Waals surface area contributed by atoms with Crippen molar-refractivity contribution >= 4 is 23.2 Å². The second-order valence-corrected chi connectivity index (χ2v) is 5.84. The zero-order valence-corrected chi connectivity index (χ0v) is 13.1. The maximum absolute atomic E-state index is 12.3. The third-order valence-electron chi connectivity index (χ3n) is 3.51. The highest BCUT2D eigenvalue weighted by Crippen LogP contribution is 2.20. The predicted molar refractivity (Wildman–Crippen MR) is 82.1 cm³/mol. The summed E-state index contributed by atoms with van der Waals surface area (Å²) in [6, 6.07) is 2.06. The van der Waals surface area contributed by atoms with Gasteiger partial charge in [-0.2, -0.15) is 0 Å². The third kappa shape index (κ3) is 3.00. The number of aromatic carboxylic acids is 1. The van der Waals surface area contributed by atoms with Gasteiger partial charge in [0.15, 0.2) is 0 Å². The van der Waals surface area contributed by atoms with E-state index >= 15 is 0 Å². The first-order chi connectivity index (χ1) is 9.95. The Kier molecular flexibility index (Phi) is 4.47. The van der Waals surface area contributed by atoms with Crippen LogP contribution in [-0.2, 0) is 13.0 Å². The van der Waals surface area contributed by atoms with Gasteiger partial charge in [0.25, 0.3) is 5.91 Å². The van der Waals surface area contributed by atoms with E-state index < -0.39 is 5.97 Å². The summed E-state index contributed by atoms with van der Waals surface area (Å²) in [5.41, 5.74) is 2.77. The van der Waals surface area contributed by atoms with E-state index in [1.54, 1.807) is 25.2 Å². The number of hydrogen-bond acceptors (Lipinski definition) is 3. The third-order valence-corrected chi connectivity index (χ3v) is 4.47.